The Hall–Kier alpha value is -3.77. The summed E-state index contributed by atoms with van der Waals surface area (Å²) in [6.45, 7) is 1.40. The highest BCUT2D eigenvalue weighted by molar-refractivity contribution is 7.88. The zero-order chi connectivity index (χ0) is 28.9. The van der Waals surface area contributed by atoms with Crippen molar-refractivity contribution in [3.8, 4) is 5.75 Å². The SMILES string of the molecule is CC(=O)c1cn(CC(=O)N2C[C@H](F)C[C@H]2C(=O)NCCCCc2ccccc2)c2ccc(OCS(N)(=O)=O)cc12. The van der Waals surface area contributed by atoms with Crippen molar-refractivity contribution in [3.63, 3.8) is 0 Å². The maximum Gasteiger partial charge on any atom is 0.244 e. The summed E-state index contributed by atoms with van der Waals surface area (Å²) >= 11 is 0. The van der Waals surface area contributed by atoms with Crippen LogP contribution in [0, 0.1) is 0 Å². The van der Waals surface area contributed by atoms with E-state index in [0.29, 0.717) is 23.0 Å². The second kappa shape index (κ2) is 12.6. The van der Waals surface area contributed by atoms with Crippen LogP contribution in [0.25, 0.3) is 10.9 Å². The highest BCUT2D eigenvalue weighted by Gasteiger charge is 2.39. The normalized spacial score (nSPS) is 17.2. The molecule has 2 amide bonds. The number of hydrogen-bond donors (Lipinski definition) is 2. The summed E-state index contributed by atoms with van der Waals surface area (Å²) in [5.74, 6) is -1.65. The van der Waals surface area contributed by atoms with Crippen LogP contribution >= 0.6 is 0 Å². The van der Waals surface area contributed by atoms with Crippen molar-refractivity contribution in [2.75, 3.05) is 19.0 Å². The van der Waals surface area contributed by atoms with Crippen LogP contribution in [-0.4, -0.2) is 66.7 Å². The molecular formula is C28H33FN4O6S. The van der Waals surface area contributed by atoms with Gasteiger partial charge in [-0.1, -0.05) is 30.3 Å². The first-order valence-electron chi connectivity index (χ1n) is 13.0. The molecule has 12 heteroatoms. The van der Waals surface area contributed by atoms with Gasteiger partial charge in [0.25, 0.3) is 0 Å². The van der Waals surface area contributed by atoms with E-state index in [1.807, 2.05) is 18.2 Å². The lowest BCUT2D eigenvalue weighted by molar-refractivity contribution is -0.138. The fourth-order valence-electron chi connectivity index (χ4n) is 4.90. The van der Waals surface area contributed by atoms with Crippen LogP contribution < -0.4 is 15.2 Å². The number of Topliss-reactive ketones (excluding diaryl/α,β-unsaturated/α-hetero) is 1. The Balaban J connectivity index is 1.40. The Morgan fingerprint density at radius 1 is 1.12 bits per heavy atom. The smallest absolute Gasteiger partial charge is 0.244 e. The van der Waals surface area contributed by atoms with E-state index in [-0.39, 0.29) is 37.0 Å². The lowest BCUT2D eigenvalue weighted by Crippen LogP contribution is -2.47. The Morgan fingerprint density at radius 3 is 2.58 bits per heavy atom. The first kappa shape index (κ1) is 29.2. The number of likely N-dealkylation sites (tertiary alicyclic amines) is 1. The molecule has 0 aliphatic carbocycles. The quantitative estimate of drug-likeness (QED) is 0.253. The first-order chi connectivity index (χ1) is 19.0. The molecule has 2 aromatic carbocycles. The summed E-state index contributed by atoms with van der Waals surface area (Å²) in [5.41, 5.74) is 2.05. The van der Waals surface area contributed by atoms with E-state index >= 15 is 0 Å². The lowest BCUT2D eigenvalue weighted by Gasteiger charge is -2.24. The van der Waals surface area contributed by atoms with Gasteiger partial charge in [0.05, 0.1) is 6.54 Å². The zero-order valence-corrected chi connectivity index (χ0v) is 23.0. The molecule has 3 aromatic rings. The van der Waals surface area contributed by atoms with Crippen LogP contribution in [0.4, 0.5) is 4.39 Å². The number of halogens is 1. The number of amides is 2. The van der Waals surface area contributed by atoms with E-state index < -0.39 is 34.1 Å². The number of carbonyl (C=O) groups excluding carboxylic acids is 3. The highest BCUT2D eigenvalue weighted by atomic mass is 32.2. The van der Waals surface area contributed by atoms with Crippen LogP contribution in [0.1, 0.15) is 42.1 Å². The van der Waals surface area contributed by atoms with E-state index in [0.717, 1.165) is 19.3 Å². The van der Waals surface area contributed by atoms with Crippen molar-refractivity contribution in [2.24, 2.45) is 5.14 Å². The average Bonchev–Trinajstić information content (AvgIpc) is 3.48. The molecule has 0 saturated carbocycles. The Kier molecular flexibility index (Phi) is 9.21. The number of sulfonamides is 1. The molecule has 10 nitrogen and oxygen atoms in total. The van der Waals surface area contributed by atoms with Gasteiger partial charge in [0, 0.05) is 35.6 Å². The van der Waals surface area contributed by atoms with Gasteiger partial charge in [-0.3, -0.25) is 14.4 Å². The number of hydrogen-bond acceptors (Lipinski definition) is 6. The molecule has 2 atom stereocenters. The Labute approximate surface area is 232 Å². The van der Waals surface area contributed by atoms with Crippen LogP contribution in [-0.2, 0) is 32.6 Å². The summed E-state index contributed by atoms with van der Waals surface area (Å²) < 4.78 is 43.6. The number of nitrogens with one attached hydrogen (secondary N) is 1. The molecule has 1 aliphatic rings. The topological polar surface area (TPSA) is 141 Å². The van der Waals surface area contributed by atoms with E-state index in [4.69, 9.17) is 9.88 Å². The van der Waals surface area contributed by atoms with Crippen LogP contribution in [0.15, 0.2) is 54.7 Å². The van der Waals surface area contributed by atoms with E-state index in [1.165, 1.54) is 35.7 Å². The third kappa shape index (κ3) is 7.45. The van der Waals surface area contributed by atoms with Crippen LogP contribution in [0.3, 0.4) is 0 Å². The van der Waals surface area contributed by atoms with Gasteiger partial charge in [-0.15, -0.1) is 0 Å². The fourth-order valence-corrected chi connectivity index (χ4v) is 5.20. The van der Waals surface area contributed by atoms with E-state index in [9.17, 15) is 27.2 Å². The average molecular weight is 573 g/mol. The minimum absolute atomic E-state index is 0.0720. The maximum absolute atomic E-state index is 14.4. The molecule has 4 rings (SSSR count). The molecule has 214 valence electrons. The molecule has 40 heavy (non-hydrogen) atoms. The number of nitrogens with two attached hydrogens (primary N) is 1. The van der Waals surface area contributed by atoms with E-state index in [1.54, 1.807) is 10.6 Å². The molecule has 1 aromatic heterocycles. The van der Waals surface area contributed by atoms with Crippen molar-refractivity contribution in [1.82, 2.24) is 14.8 Å². The summed E-state index contributed by atoms with van der Waals surface area (Å²) in [6, 6.07) is 13.7. The summed E-state index contributed by atoms with van der Waals surface area (Å²) in [7, 11) is -3.87. The van der Waals surface area contributed by atoms with Gasteiger partial charge in [0.2, 0.25) is 27.8 Å². The second-order valence-electron chi connectivity index (χ2n) is 9.96. The molecule has 0 spiro atoms. The lowest BCUT2D eigenvalue weighted by atomic mass is 10.1. The molecule has 3 N–H and O–H groups in total. The number of aryl methyl sites for hydroxylation is 1. The van der Waals surface area contributed by atoms with Crippen LogP contribution in [0.2, 0.25) is 0 Å². The number of ether oxygens (including phenoxy) is 1. The Bertz CT molecular complexity index is 1490. The molecule has 1 saturated heterocycles. The third-order valence-electron chi connectivity index (χ3n) is 6.83. The van der Waals surface area contributed by atoms with Gasteiger partial charge < -0.3 is 19.5 Å². The van der Waals surface area contributed by atoms with Crippen molar-refractivity contribution in [2.45, 2.75) is 51.4 Å². The predicted octanol–water partition coefficient (Wildman–Crippen LogP) is 2.55. The van der Waals surface area contributed by atoms with Gasteiger partial charge >= 0.3 is 0 Å². The van der Waals surface area contributed by atoms with Gasteiger partial charge in [-0.25, -0.2) is 17.9 Å². The van der Waals surface area contributed by atoms with Crippen molar-refractivity contribution >= 4 is 38.5 Å². The maximum atomic E-state index is 14.4. The van der Waals surface area contributed by atoms with E-state index in [2.05, 4.69) is 17.4 Å². The monoisotopic (exact) mass is 572 g/mol. The molecule has 1 fully saturated rings. The molecule has 2 heterocycles. The molecule has 0 unspecified atom stereocenters. The number of fused-ring (bicyclic) bond motifs is 1. The number of primary sulfonamides is 1. The van der Waals surface area contributed by atoms with Crippen molar-refractivity contribution < 1.29 is 31.9 Å². The summed E-state index contributed by atoms with van der Waals surface area (Å²) in [4.78, 5) is 39.7. The third-order valence-corrected chi connectivity index (χ3v) is 7.28. The number of unbranched alkanes of at least 4 members (excludes halogenated alkanes) is 1. The number of nitrogens with zero attached hydrogens (tertiary/aromatic N) is 2. The summed E-state index contributed by atoms with van der Waals surface area (Å²) in [5, 5.41) is 8.29. The first-order valence-corrected chi connectivity index (χ1v) is 14.8. The molecule has 1 aliphatic heterocycles. The number of ketones is 1. The standard InChI is InChI=1S/C28H33FN4O6S/c1-19(34)24-16-32(25-11-10-22(14-23(24)25)39-18-40(30,37)38)17-27(35)33-15-21(29)13-26(33)28(36)31-12-6-5-9-20-7-3-2-4-8-20/h2-4,7-8,10-11,14,16,21,26H,5-6,9,12-13,15,17-18H2,1H3,(H,31,36)(H2,30,37,38)/t21-,26+/m1/s1. The fraction of sp³-hybridized carbons (Fsp3) is 0.393. The van der Waals surface area contributed by atoms with Crippen LogP contribution in [0.5, 0.6) is 5.75 Å². The molecule has 0 radical (unpaired) electrons. The molecule has 0 bridgehead atoms. The number of rotatable bonds is 12. The molecular weight excluding hydrogens is 539 g/mol. The largest absolute Gasteiger partial charge is 0.476 e. The predicted molar refractivity (Wildman–Crippen MR) is 148 cm³/mol. The Morgan fingerprint density at radius 2 is 1.88 bits per heavy atom. The highest BCUT2D eigenvalue weighted by Crippen LogP contribution is 2.28. The van der Waals surface area contributed by atoms with Gasteiger partial charge in [0.1, 0.15) is 24.5 Å². The minimum atomic E-state index is -3.87. The number of aromatic nitrogens is 1. The summed E-state index contributed by atoms with van der Waals surface area (Å²) in [6.07, 6.45) is 2.66. The van der Waals surface area contributed by atoms with Crippen molar-refractivity contribution in [1.29, 1.82) is 0 Å². The number of carbonyl (C=O) groups is 3. The number of benzene rings is 2. The zero-order valence-electron chi connectivity index (χ0n) is 22.2. The van der Waals surface area contributed by atoms with Gasteiger partial charge in [-0.05, 0) is 49.9 Å². The second-order valence-corrected chi connectivity index (χ2v) is 11.5. The number of alkyl halides is 1. The minimum Gasteiger partial charge on any atom is -0.476 e. The van der Waals surface area contributed by atoms with Crippen molar-refractivity contribution in [3.05, 3.63) is 65.9 Å². The van der Waals surface area contributed by atoms with Gasteiger partial charge in [0.15, 0.2) is 5.78 Å². The van der Waals surface area contributed by atoms with Gasteiger partial charge in [-0.2, -0.15) is 0 Å².